The summed E-state index contributed by atoms with van der Waals surface area (Å²) in [6.45, 7) is 11.4. The molecule has 0 amide bonds. The first-order chi connectivity index (χ1) is 13.7. The summed E-state index contributed by atoms with van der Waals surface area (Å²) in [6, 6.07) is 0. The average molecular weight is 419 g/mol. The molecule has 0 bridgehead atoms. The molecule has 0 aromatic heterocycles. The molecule has 29 heavy (non-hydrogen) atoms. The van der Waals surface area contributed by atoms with Gasteiger partial charge in [0.1, 0.15) is 0 Å². The molecule has 4 atom stereocenters. The highest BCUT2D eigenvalue weighted by atomic mass is 32.2. The summed E-state index contributed by atoms with van der Waals surface area (Å²) in [5.41, 5.74) is 2.73. The van der Waals surface area contributed by atoms with E-state index in [1.807, 2.05) is 11.8 Å². The van der Waals surface area contributed by atoms with Crippen LogP contribution in [0.3, 0.4) is 0 Å². The van der Waals surface area contributed by atoms with E-state index >= 15 is 0 Å². The maximum absolute atomic E-state index is 11.2. The SMILES string of the molecule is CCCCCCC(C)(C)C1=CC2OC(C)(C)[C@H]3CC=C(CSC)CC3[C@@H]2C(O)=C1. The quantitative estimate of drug-likeness (QED) is 0.327. The van der Waals surface area contributed by atoms with Gasteiger partial charge in [-0.25, -0.2) is 0 Å². The van der Waals surface area contributed by atoms with Crippen LogP contribution in [0, 0.1) is 23.2 Å². The van der Waals surface area contributed by atoms with E-state index in [0.29, 0.717) is 17.6 Å². The van der Waals surface area contributed by atoms with Crippen molar-refractivity contribution in [3.8, 4) is 0 Å². The summed E-state index contributed by atoms with van der Waals surface area (Å²) in [4.78, 5) is 0. The van der Waals surface area contributed by atoms with E-state index in [4.69, 9.17) is 4.74 Å². The molecule has 0 saturated carbocycles. The average Bonchev–Trinajstić information content (AvgIpc) is 2.64. The fourth-order valence-electron chi connectivity index (χ4n) is 5.80. The molecule has 0 aromatic carbocycles. The van der Waals surface area contributed by atoms with Gasteiger partial charge >= 0.3 is 0 Å². The molecule has 0 radical (unpaired) electrons. The molecule has 2 aliphatic carbocycles. The first kappa shape index (κ1) is 23.0. The molecular weight excluding hydrogens is 376 g/mol. The minimum atomic E-state index is -0.155. The van der Waals surface area contributed by atoms with Gasteiger partial charge in [0.2, 0.25) is 0 Å². The van der Waals surface area contributed by atoms with E-state index in [2.05, 4.69) is 59.1 Å². The molecule has 1 aliphatic heterocycles. The maximum atomic E-state index is 11.2. The minimum Gasteiger partial charge on any atom is -0.512 e. The van der Waals surface area contributed by atoms with Gasteiger partial charge in [0.25, 0.3) is 0 Å². The molecule has 2 unspecified atom stereocenters. The summed E-state index contributed by atoms with van der Waals surface area (Å²) < 4.78 is 6.67. The van der Waals surface area contributed by atoms with E-state index in [9.17, 15) is 5.11 Å². The van der Waals surface area contributed by atoms with Crippen molar-refractivity contribution in [3.05, 3.63) is 35.1 Å². The van der Waals surface area contributed by atoms with Gasteiger partial charge in [-0.05, 0) is 68.3 Å². The zero-order chi connectivity index (χ0) is 21.2. The van der Waals surface area contributed by atoms with Crippen molar-refractivity contribution in [2.24, 2.45) is 23.2 Å². The smallest absolute Gasteiger partial charge is 0.0988 e. The lowest BCUT2D eigenvalue weighted by Crippen LogP contribution is -2.54. The number of rotatable bonds is 8. The van der Waals surface area contributed by atoms with Crippen LogP contribution in [0.2, 0.25) is 0 Å². The van der Waals surface area contributed by atoms with Crippen molar-refractivity contribution in [2.45, 2.75) is 91.3 Å². The summed E-state index contributed by atoms with van der Waals surface area (Å²) in [5.74, 6) is 2.72. The molecule has 3 rings (SSSR count). The number of fused-ring (bicyclic) bond motifs is 3. The summed E-state index contributed by atoms with van der Waals surface area (Å²) >= 11 is 1.90. The molecule has 3 aliphatic rings. The van der Waals surface area contributed by atoms with Gasteiger partial charge in [0.15, 0.2) is 0 Å². The molecule has 0 aromatic rings. The van der Waals surface area contributed by atoms with Gasteiger partial charge in [0, 0.05) is 11.7 Å². The molecule has 1 saturated heterocycles. The number of thioether (sulfide) groups is 1. The first-order valence-electron chi connectivity index (χ1n) is 11.7. The highest BCUT2D eigenvalue weighted by Gasteiger charge is 2.52. The lowest BCUT2D eigenvalue weighted by molar-refractivity contribution is -0.177. The van der Waals surface area contributed by atoms with Crippen LogP contribution in [0.15, 0.2) is 35.1 Å². The van der Waals surface area contributed by atoms with E-state index < -0.39 is 0 Å². The van der Waals surface area contributed by atoms with Crippen LogP contribution < -0.4 is 0 Å². The zero-order valence-electron chi connectivity index (χ0n) is 19.5. The fraction of sp³-hybridized carbons (Fsp3) is 0.769. The Morgan fingerprint density at radius 3 is 2.69 bits per heavy atom. The molecule has 3 heteroatoms. The second-order valence-corrected chi connectivity index (χ2v) is 11.5. The third-order valence-electron chi connectivity index (χ3n) is 7.58. The van der Waals surface area contributed by atoms with Gasteiger partial charge in [-0.2, -0.15) is 11.8 Å². The highest BCUT2D eigenvalue weighted by molar-refractivity contribution is 7.98. The van der Waals surface area contributed by atoms with Crippen LogP contribution in [0.5, 0.6) is 0 Å². The Morgan fingerprint density at radius 1 is 1.24 bits per heavy atom. The molecule has 2 nitrogen and oxygen atoms in total. The molecule has 164 valence electrons. The highest BCUT2D eigenvalue weighted by Crippen LogP contribution is 2.53. The lowest BCUT2D eigenvalue weighted by atomic mass is 9.61. The molecule has 1 N–H and O–H groups in total. The number of hydrogen-bond donors (Lipinski definition) is 1. The van der Waals surface area contributed by atoms with E-state index in [1.54, 1.807) is 5.57 Å². The maximum Gasteiger partial charge on any atom is 0.0988 e. The lowest BCUT2D eigenvalue weighted by Gasteiger charge is -2.53. The van der Waals surface area contributed by atoms with Gasteiger partial charge in [-0.3, -0.25) is 0 Å². The fourth-order valence-corrected chi connectivity index (χ4v) is 6.40. The Bertz CT molecular complexity index is 670. The standard InChI is InChI=1S/C26H42O2S/c1-7-8-9-10-13-25(2,3)19-15-22(27)24-20-14-18(17-29-6)11-12-21(20)26(4,5)28-23(24)16-19/h11,15-16,20-21,23-24,27H,7-10,12-14,17H2,1-6H3/t20?,21-,23?,24+/m0/s1. The van der Waals surface area contributed by atoms with Crippen molar-refractivity contribution in [2.75, 3.05) is 12.0 Å². The summed E-state index contributed by atoms with van der Waals surface area (Å²) in [6.07, 6.45) is 17.5. The Labute approximate surface area is 183 Å². The van der Waals surface area contributed by atoms with Crippen LogP contribution >= 0.6 is 11.8 Å². The van der Waals surface area contributed by atoms with Crippen LogP contribution in [-0.2, 0) is 4.74 Å². The number of allylic oxidation sites excluding steroid dienone is 3. The van der Waals surface area contributed by atoms with Crippen molar-refractivity contribution < 1.29 is 9.84 Å². The van der Waals surface area contributed by atoms with E-state index in [0.717, 1.165) is 25.0 Å². The van der Waals surface area contributed by atoms with E-state index in [-0.39, 0.29) is 23.0 Å². The summed E-state index contributed by atoms with van der Waals surface area (Å²) in [7, 11) is 0. The van der Waals surface area contributed by atoms with Crippen molar-refractivity contribution >= 4 is 11.8 Å². The Hall–Kier alpha value is -0.670. The van der Waals surface area contributed by atoms with Crippen molar-refractivity contribution in [3.63, 3.8) is 0 Å². The van der Waals surface area contributed by atoms with Gasteiger partial charge in [-0.15, -0.1) is 0 Å². The first-order valence-corrected chi connectivity index (χ1v) is 13.1. The van der Waals surface area contributed by atoms with Gasteiger partial charge in [0.05, 0.1) is 17.5 Å². The predicted octanol–water partition coefficient (Wildman–Crippen LogP) is 7.47. The van der Waals surface area contributed by atoms with Crippen LogP contribution in [-0.4, -0.2) is 28.8 Å². The van der Waals surface area contributed by atoms with Gasteiger partial charge < -0.3 is 9.84 Å². The molecule has 0 spiro atoms. The molecule has 1 fully saturated rings. The minimum absolute atomic E-state index is 0.00482. The van der Waals surface area contributed by atoms with Crippen LogP contribution in [0.25, 0.3) is 0 Å². The van der Waals surface area contributed by atoms with E-state index in [1.165, 1.54) is 31.3 Å². The third-order valence-corrected chi connectivity index (χ3v) is 8.24. The summed E-state index contributed by atoms with van der Waals surface area (Å²) in [5, 5.41) is 11.2. The van der Waals surface area contributed by atoms with Crippen molar-refractivity contribution in [1.82, 2.24) is 0 Å². The molecular formula is C26H42O2S. The van der Waals surface area contributed by atoms with Crippen LogP contribution in [0.4, 0.5) is 0 Å². The number of aliphatic hydroxyl groups is 1. The monoisotopic (exact) mass is 418 g/mol. The Morgan fingerprint density at radius 2 is 2.00 bits per heavy atom. The normalized spacial score (nSPS) is 31.3. The Balaban J connectivity index is 1.82. The number of unbranched alkanes of at least 4 members (excludes halogenated alkanes) is 3. The largest absolute Gasteiger partial charge is 0.512 e. The topological polar surface area (TPSA) is 29.5 Å². The second kappa shape index (κ2) is 9.22. The van der Waals surface area contributed by atoms with Crippen molar-refractivity contribution in [1.29, 1.82) is 0 Å². The second-order valence-electron chi connectivity index (χ2n) is 10.6. The number of ether oxygens (including phenoxy) is 1. The van der Waals surface area contributed by atoms with Gasteiger partial charge in [-0.1, -0.05) is 64.2 Å². The Kier molecular flexibility index (Phi) is 7.31. The zero-order valence-corrected chi connectivity index (χ0v) is 20.3. The molecule has 1 heterocycles. The predicted molar refractivity (Wildman–Crippen MR) is 126 cm³/mol. The number of hydrogen-bond acceptors (Lipinski definition) is 3. The third kappa shape index (κ3) is 4.98. The number of aliphatic hydroxyl groups excluding tert-OH is 1. The van der Waals surface area contributed by atoms with Crippen LogP contribution in [0.1, 0.15) is 79.6 Å².